The molecule has 1 heterocycles. The van der Waals surface area contributed by atoms with Gasteiger partial charge in [-0.15, -0.1) is 13.2 Å². The third-order valence-electron chi connectivity index (χ3n) is 6.25. The molecule has 198 valence electrons. The molecule has 1 aliphatic rings. The Balaban J connectivity index is 1.51. The van der Waals surface area contributed by atoms with E-state index in [1.807, 2.05) is 6.07 Å². The maximum absolute atomic E-state index is 12.8. The number of carbonyl (C=O) groups is 1. The van der Waals surface area contributed by atoms with Crippen LogP contribution in [0.4, 0.5) is 26.3 Å². The Labute approximate surface area is 214 Å². The van der Waals surface area contributed by atoms with Gasteiger partial charge in [-0.1, -0.05) is 24.3 Å². The summed E-state index contributed by atoms with van der Waals surface area (Å²) in [4.78, 5) is 12.6. The lowest BCUT2D eigenvalue weighted by atomic mass is 9.83. The van der Waals surface area contributed by atoms with Gasteiger partial charge in [-0.2, -0.15) is 18.4 Å². The van der Waals surface area contributed by atoms with Crippen molar-refractivity contribution in [3.8, 4) is 11.8 Å². The molecule has 0 bridgehead atoms. The standard InChI is InChI=1S/C27H21F6N3O2/c28-26(29,30)20-9-5-19(6-10-20)25(37)36-21-13-23(35-15-21)24(17-3-1-16(14-34)2-4-17)18-7-11-22(12-8-18)38-27(31,32)33/h1-12,21,23-24,35H,13,15H2,(H,36,37). The molecule has 1 fully saturated rings. The molecule has 2 N–H and O–H groups in total. The number of carbonyl (C=O) groups excluding carboxylic acids is 1. The number of benzene rings is 3. The number of alkyl halides is 6. The molecule has 3 aromatic rings. The van der Waals surface area contributed by atoms with Gasteiger partial charge in [0.05, 0.1) is 17.2 Å². The van der Waals surface area contributed by atoms with Crippen LogP contribution in [-0.4, -0.2) is 30.9 Å². The van der Waals surface area contributed by atoms with Crippen molar-refractivity contribution < 1.29 is 35.9 Å². The zero-order valence-electron chi connectivity index (χ0n) is 19.6. The average molecular weight is 533 g/mol. The highest BCUT2D eigenvalue weighted by atomic mass is 19.4. The molecule has 0 aromatic heterocycles. The monoisotopic (exact) mass is 533 g/mol. The molecule has 1 aliphatic heterocycles. The van der Waals surface area contributed by atoms with Crippen molar-refractivity contribution in [3.63, 3.8) is 0 Å². The van der Waals surface area contributed by atoms with Gasteiger partial charge in [0.1, 0.15) is 5.75 Å². The van der Waals surface area contributed by atoms with Crippen LogP contribution in [0, 0.1) is 11.3 Å². The normalized spacial score (nSPS) is 18.4. The highest BCUT2D eigenvalue weighted by molar-refractivity contribution is 5.94. The quantitative estimate of drug-likeness (QED) is 0.395. The van der Waals surface area contributed by atoms with E-state index < -0.39 is 24.0 Å². The molecule has 0 saturated carbocycles. The minimum Gasteiger partial charge on any atom is -0.406 e. The highest BCUT2D eigenvalue weighted by Crippen LogP contribution is 2.34. The summed E-state index contributed by atoms with van der Waals surface area (Å²) in [7, 11) is 0. The Bertz CT molecular complexity index is 1300. The molecule has 1 amide bonds. The van der Waals surface area contributed by atoms with E-state index in [0.717, 1.165) is 29.8 Å². The molecule has 3 atom stereocenters. The van der Waals surface area contributed by atoms with Gasteiger partial charge in [-0.05, 0) is 66.1 Å². The molecular formula is C27H21F6N3O2. The van der Waals surface area contributed by atoms with Gasteiger partial charge in [-0.25, -0.2) is 0 Å². The lowest BCUT2D eigenvalue weighted by Gasteiger charge is -2.25. The first-order valence-electron chi connectivity index (χ1n) is 11.5. The van der Waals surface area contributed by atoms with Crippen LogP contribution in [-0.2, 0) is 6.18 Å². The Morgan fingerprint density at radius 3 is 2.03 bits per heavy atom. The van der Waals surface area contributed by atoms with Crippen molar-refractivity contribution in [1.29, 1.82) is 5.26 Å². The zero-order valence-corrected chi connectivity index (χ0v) is 19.6. The SMILES string of the molecule is N#Cc1ccc(C(c2ccc(OC(F)(F)F)cc2)C2CC(NC(=O)c3ccc(C(F)(F)F)cc3)CN2)cc1. The van der Waals surface area contributed by atoms with E-state index >= 15 is 0 Å². The Morgan fingerprint density at radius 1 is 0.921 bits per heavy atom. The molecule has 0 radical (unpaired) electrons. The molecular weight excluding hydrogens is 512 g/mol. The van der Waals surface area contributed by atoms with Crippen LogP contribution < -0.4 is 15.4 Å². The Kier molecular flexibility index (Phi) is 7.64. The van der Waals surface area contributed by atoms with Gasteiger partial charge in [0, 0.05) is 30.1 Å². The van der Waals surface area contributed by atoms with Crippen LogP contribution in [0.3, 0.4) is 0 Å². The molecule has 3 aromatic carbocycles. The second-order valence-corrected chi connectivity index (χ2v) is 8.82. The fraction of sp³-hybridized carbons (Fsp3) is 0.259. The van der Waals surface area contributed by atoms with Gasteiger partial charge >= 0.3 is 12.5 Å². The van der Waals surface area contributed by atoms with E-state index in [9.17, 15) is 31.1 Å². The minimum absolute atomic E-state index is 0.0883. The van der Waals surface area contributed by atoms with Crippen molar-refractivity contribution in [2.24, 2.45) is 0 Å². The number of halogens is 6. The van der Waals surface area contributed by atoms with E-state index in [2.05, 4.69) is 15.4 Å². The van der Waals surface area contributed by atoms with Crippen LogP contribution >= 0.6 is 0 Å². The van der Waals surface area contributed by atoms with E-state index in [0.29, 0.717) is 24.1 Å². The predicted molar refractivity (Wildman–Crippen MR) is 125 cm³/mol. The number of amides is 1. The first-order valence-corrected chi connectivity index (χ1v) is 11.5. The average Bonchev–Trinajstić information content (AvgIpc) is 3.32. The fourth-order valence-electron chi connectivity index (χ4n) is 4.51. The summed E-state index contributed by atoms with van der Waals surface area (Å²) in [6.07, 6.45) is -8.88. The van der Waals surface area contributed by atoms with Gasteiger partial charge in [-0.3, -0.25) is 4.79 Å². The van der Waals surface area contributed by atoms with Crippen LogP contribution in [0.25, 0.3) is 0 Å². The summed E-state index contributed by atoms with van der Waals surface area (Å²) in [5, 5.41) is 15.3. The largest absolute Gasteiger partial charge is 0.573 e. The molecule has 11 heteroatoms. The lowest BCUT2D eigenvalue weighted by Crippen LogP contribution is -2.36. The molecule has 1 saturated heterocycles. The van der Waals surface area contributed by atoms with Gasteiger partial charge < -0.3 is 15.4 Å². The molecule has 0 aliphatic carbocycles. The maximum Gasteiger partial charge on any atom is 0.573 e. The van der Waals surface area contributed by atoms with Gasteiger partial charge in [0.15, 0.2) is 0 Å². The summed E-state index contributed by atoms with van der Waals surface area (Å²) in [6.45, 7) is 0.374. The summed E-state index contributed by atoms with van der Waals surface area (Å²) in [5.74, 6) is -1.22. The minimum atomic E-state index is -4.82. The van der Waals surface area contributed by atoms with Crippen LogP contribution in [0.5, 0.6) is 5.75 Å². The lowest BCUT2D eigenvalue weighted by molar-refractivity contribution is -0.274. The summed E-state index contributed by atoms with van der Waals surface area (Å²) in [5.41, 5.74) is 1.18. The number of ether oxygens (including phenoxy) is 1. The number of rotatable bonds is 6. The van der Waals surface area contributed by atoms with E-state index in [1.54, 1.807) is 24.3 Å². The molecule has 0 spiro atoms. The smallest absolute Gasteiger partial charge is 0.406 e. The third-order valence-corrected chi connectivity index (χ3v) is 6.25. The first kappa shape index (κ1) is 27.0. The van der Waals surface area contributed by atoms with Crippen molar-refractivity contribution >= 4 is 5.91 Å². The van der Waals surface area contributed by atoms with Crippen molar-refractivity contribution in [2.45, 2.75) is 37.0 Å². The highest BCUT2D eigenvalue weighted by Gasteiger charge is 2.35. The van der Waals surface area contributed by atoms with Crippen molar-refractivity contribution in [3.05, 3.63) is 101 Å². The maximum atomic E-state index is 12.8. The van der Waals surface area contributed by atoms with Crippen molar-refractivity contribution in [2.75, 3.05) is 6.54 Å². The van der Waals surface area contributed by atoms with Crippen molar-refractivity contribution in [1.82, 2.24) is 10.6 Å². The number of nitriles is 1. The third kappa shape index (κ3) is 6.63. The fourth-order valence-corrected chi connectivity index (χ4v) is 4.51. The topological polar surface area (TPSA) is 74.1 Å². The van der Waals surface area contributed by atoms with E-state index in [4.69, 9.17) is 5.26 Å². The number of nitrogens with one attached hydrogen (secondary N) is 2. The van der Waals surface area contributed by atoms with Crippen LogP contribution in [0.2, 0.25) is 0 Å². The predicted octanol–water partition coefficient (Wildman–Crippen LogP) is 5.77. The second kappa shape index (κ2) is 10.8. The first-order chi connectivity index (χ1) is 17.9. The second-order valence-electron chi connectivity index (χ2n) is 8.82. The zero-order chi connectivity index (χ0) is 27.5. The summed E-state index contributed by atoms with van der Waals surface area (Å²) < 4.78 is 80.1. The number of nitrogens with zero attached hydrogens (tertiary/aromatic N) is 1. The molecule has 3 unspecified atom stereocenters. The summed E-state index contributed by atoms with van der Waals surface area (Å²) in [6, 6.07) is 17.7. The van der Waals surface area contributed by atoms with E-state index in [1.165, 1.54) is 24.3 Å². The Morgan fingerprint density at radius 2 is 1.50 bits per heavy atom. The summed E-state index contributed by atoms with van der Waals surface area (Å²) >= 11 is 0. The molecule has 38 heavy (non-hydrogen) atoms. The number of hydrogen-bond donors (Lipinski definition) is 2. The molecule has 4 rings (SSSR count). The van der Waals surface area contributed by atoms with Crippen LogP contribution in [0.15, 0.2) is 72.8 Å². The molecule has 5 nitrogen and oxygen atoms in total. The Hall–Kier alpha value is -4.04. The van der Waals surface area contributed by atoms with E-state index in [-0.39, 0.29) is 29.3 Å². The number of hydrogen-bond acceptors (Lipinski definition) is 4. The van der Waals surface area contributed by atoms with Crippen LogP contribution in [0.1, 0.15) is 45.0 Å². The van der Waals surface area contributed by atoms with Gasteiger partial charge in [0.2, 0.25) is 0 Å². The van der Waals surface area contributed by atoms with Gasteiger partial charge in [0.25, 0.3) is 5.91 Å².